The van der Waals surface area contributed by atoms with E-state index in [0.29, 0.717) is 6.54 Å². The minimum Gasteiger partial charge on any atom is -0.340 e. The summed E-state index contributed by atoms with van der Waals surface area (Å²) >= 11 is 1.66. The van der Waals surface area contributed by atoms with Gasteiger partial charge in [-0.1, -0.05) is 42.1 Å². The van der Waals surface area contributed by atoms with Crippen LogP contribution < -0.4 is 15.5 Å². The highest BCUT2D eigenvalue weighted by Gasteiger charge is 2.09. The van der Waals surface area contributed by atoms with E-state index in [4.69, 9.17) is 0 Å². The molecule has 2 aromatic carbocycles. The van der Waals surface area contributed by atoms with E-state index in [0.717, 1.165) is 35.0 Å². The molecular weight excluding hydrogens is 318 g/mol. The number of carbonyl (C=O) groups excluding carboxylic acids is 1. The van der Waals surface area contributed by atoms with Gasteiger partial charge in [-0.05, 0) is 24.3 Å². The minimum atomic E-state index is 0.0494. The number of nitrogens with two attached hydrogens (primary N) is 1. The number of rotatable bonds is 9. The van der Waals surface area contributed by atoms with Gasteiger partial charge in [-0.2, -0.15) is 0 Å². The van der Waals surface area contributed by atoms with Gasteiger partial charge in [-0.15, -0.1) is 0 Å². The highest BCUT2D eigenvalue weighted by molar-refractivity contribution is 7.99. The second-order valence-electron chi connectivity index (χ2n) is 6.05. The van der Waals surface area contributed by atoms with Crippen molar-refractivity contribution in [3.63, 3.8) is 0 Å². The summed E-state index contributed by atoms with van der Waals surface area (Å²) in [5, 5.41) is 5.11. The minimum absolute atomic E-state index is 0.0494. The molecule has 0 aromatic heterocycles. The molecule has 0 bridgehead atoms. The number of anilines is 1. The smallest absolute Gasteiger partial charge is 0.279 e. The van der Waals surface area contributed by atoms with E-state index in [-0.39, 0.29) is 5.91 Å². The van der Waals surface area contributed by atoms with Gasteiger partial charge >= 0.3 is 0 Å². The fourth-order valence-electron chi connectivity index (χ4n) is 2.31. The van der Waals surface area contributed by atoms with Crippen molar-refractivity contribution >= 4 is 23.4 Å². The Balaban J connectivity index is 1.84. The van der Waals surface area contributed by atoms with Crippen LogP contribution in [0.2, 0.25) is 0 Å². The molecule has 0 heterocycles. The van der Waals surface area contributed by atoms with E-state index in [9.17, 15) is 4.79 Å². The van der Waals surface area contributed by atoms with Crippen LogP contribution in [0.15, 0.2) is 64.4 Å². The Hall–Kier alpha value is -1.82. The zero-order chi connectivity index (χ0) is 17.2. The number of nitrogens with one attached hydrogen (secondary N) is 2. The van der Waals surface area contributed by atoms with Crippen LogP contribution in [0.25, 0.3) is 0 Å². The molecule has 0 spiro atoms. The van der Waals surface area contributed by atoms with E-state index in [2.05, 4.69) is 36.9 Å². The van der Waals surface area contributed by atoms with Crippen molar-refractivity contribution < 1.29 is 15.0 Å². The molecule has 4 nitrogen and oxygen atoms in total. The zero-order valence-electron chi connectivity index (χ0n) is 14.4. The maximum absolute atomic E-state index is 12.2. The number of para-hydroxylation sites is 1. The predicted molar refractivity (Wildman–Crippen MR) is 99.6 cm³/mol. The molecule has 0 aliphatic carbocycles. The molecule has 4 N–H and O–H groups in total. The number of hydrogen-bond donors (Lipinski definition) is 3. The van der Waals surface area contributed by atoms with E-state index >= 15 is 0 Å². The highest BCUT2D eigenvalue weighted by atomic mass is 32.2. The Morgan fingerprint density at radius 1 is 1.08 bits per heavy atom. The van der Waals surface area contributed by atoms with Crippen LogP contribution in [0, 0.1) is 0 Å². The summed E-state index contributed by atoms with van der Waals surface area (Å²) < 4.78 is 0. The summed E-state index contributed by atoms with van der Waals surface area (Å²) in [6.45, 7) is 2.58. The first-order valence-electron chi connectivity index (χ1n) is 8.37. The summed E-state index contributed by atoms with van der Waals surface area (Å²) in [5.74, 6) is 0.0494. The lowest BCUT2D eigenvalue weighted by molar-refractivity contribution is -0.860. The monoisotopic (exact) mass is 345 g/mol. The molecule has 2 aromatic rings. The van der Waals surface area contributed by atoms with Gasteiger partial charge in [0.25, 0.3) is 5.91 Å². The fraction of sp³-hybridized carbons (Fsp3) is 0.316. The molecule has 0 fully saturated rings. The SMILES string of the molecule is C[NH+](C)CCC[NH2+]CC(=O)Nc1ccccc1Sc1ccccc1. The molecule has 5 heteroatoms. The lowest BCUT2D eigenvalue weighted by atomic mass is 10.3. The summed E-state index contributed by atoms with van der Waals surface area (Å²) in [6.07, 6.45) is 1.12. The first-order valence-corrected chi connectivity index (χ1v) is 9.19. The van der Waals surface area contributed by atoms with Crippen molar-refractivity contribution in [1.82, 2.24) is 0 Å². The van der Waals surface area contributed by atoms with Gasteiger partial charge < -0.3 is 15.5 Å². The van der Waals surface area contributed by atoms with Crippen LogP contribution >= 0.6 is 11.8 Å². The standard InChI is InChI=1S/C19H25N3OS/c1-22(2)14-8-13-20-15-19(23)21-17-11-6-7-12-18(17)24-16-9-4-3-5-10-16/h3-7,9-12,20H,8,13-15H2,1-2H3,(H,21,23)/p+2. The average Bonchev–Trinajstić information content (AvgIpc) is 2.57. The third kappa shape index (κ3) is 6.74. The van der Waals surface area contributed by atoms with Gasteiger partial charge in [-0.25, -0.2) is 0 Å². The second kappa shape index (κ2) is 10.1. The fourth-order valence-corrected chi connectivity index (χ4v) is 3.23. The average molecular weight is 346 g/mol. The molecule has 0 atom stereocenters. The lowest BCUT2D eigenvalue weighted by Crippen LogP contribution is -3.06. The first kappa shape index (κ1) is 18.5. The van der Waals surface area contributed by atoms with Gasteiger partial charge in [0.15, 0.2) is 6.54 Å². The Morgan fingerprint density at radius 2 is 1.79 bits per heavy atom. The summed E-state index contributed by atoms with van der Waals surface area (Å²) in [7, 11) is 4.29. The van der Waals surface area contributed by atoms with E-state index in [1.165, 1.54) is 4.90 Å². The molecule has 0 aliphatic rings. The Labute approximate surface area is 148 Å². The molecule has 0 radical (unpaired) electrons. The predicted octanol–water partition coefficient (Wildman–Crippen LogP) is 0.874. The summed E-state index contributed by atoms with van der Waals surface area (Å²) in [6, 6.07) is 18.1. The normalized spacial score (nSPS) is 10.8. The molecule has 24 heavy (non-hydrogen) atoms. The third-order valence-electron chi connectivity index (χ3n) is 3.55. The Kier molecular flexibility index (Phi) is 7.82. The number of quaternary nitrogens is 2. The second-order valence-corrected chi connectivity index (χ2v) is 7.17. The molecule has 2 rings (SSSR count). The molecule has 0 saturated heterocycles. The maximum atomic E-state index is 12.2. The number of hydrogen-bond acceptors (Lipinski definition) is 2. The Bertz CT molecular complexity index is 632. The van der Waals surface area contributed by atoms with Crippen LogP contribution in [0.1, 0.15) is 6.42 Å². The molecule has 0 unspecified atom stereocenters. The van der Waals surface area contributed by atoms with Gasteiger partial charge in [0.1, 0.15) is 0 Å². The Morgan fingerprint density at radius 3 is 2.54 bits per heavy atom. The molecule has 128 valence electrons. The van der Waals surface area contributed by atoms with Crippen LogP contribution in [0.3, 0.4) is 0 Å². The lowest BCUT2D eigenvalue weighted by Gasteiger charge is -2.10. The van der Waals surface area contributed by atoms with Crippen LogP contribution in [-0.2, 0) is 4.79 Å². The van der Waals surface area contributed by atoms with Gasteiger partial charge in [0.05, 0.1) is 32.9 Å². The van der Waals surface area contributed by atoms with Crippen molar-refractivity contribution in [3.8, 4) is 0 Å². The van der Waals surface area contributed by atoms with Crippen LogP contribution in [0.5, 0.6) is 0 Å². The zero-order valence-corrected chi connectivity index (χ0v) is 15.2. The van der Waals surface area contributed by atoms with Gasteiger partial charge in [0, 0.05) is 16.2 Å². The van der Waals surface area contributed by atoms with Crippen molar-refractivity contribution in [2.75, 3.05) is 39.0 Å². The summed E-state index contributed by atoms with van der Waals surface area (Å²) in [4.78, 5) is 15.8. The highest BCUT2D eigenvalue weighted by Crippen LogP contribution is 2.32. The number of carbonyl (C=O) groups is 1. The van der Waals surface area contributed by atoms with Gasteiger partial charge in [-0.3, -0.25) is 4.79 Å². The quantitative estimate of drug-likeness (QED) is 0.591. The van der Waals surface area contributed by atoms with E-state index < -0.39 is 0 Å². The van der Waals surface area contributed by atoms with Crippen molar-refractivity contribution in [1.29, 1.82) is 0 Å². The number of benzene rings is 2. The van der Waals surface area contributed by atoms with Gasteiger partial charge in [0.2, 0.25) is 0 Å². The van der Waals surface area contributed by atoms with Crippen molar-refractivity contribution in [2.45, 2.75) is 16.2 Å². The molecule has 1 amide bonds. The number of amides is 1. The maximum Gasteiger partial charge on any atom is 0.279 e. The van der Waals surface area contributed by atoms with E-state index in [1.54, 1.807) is 11.8 Å². The largest absolute Gasteiger partial charge is 0.340 e. The topological polar surface area (TPSA) is 50.2 Å². The van der Waals surface area contributed by atoms with Crippen molar-refractivity contribution in [3.05, 3.63) is 54.6 Å². The summed E-state index contributed by atoms with van der Waals surface area (Å²) in [5.41, 5.74) is 0.877. The van der Waals surface area contributed by atoms with Crippen molar-refractivity contribution in [2.24, 2.45) is 0 Å². The molecule has 0 saturated carbocycles. The van der Waals surface area contributed by atoms with Crippen LogP contribution in [-0.4, -0.2) is 39.6 Å². The van der Waals surface area contributed by atoms with Crippen LogP contribution in [0.4, 0.5) is 5.69 Å². The molecular formula is C19H27N3OS+2. The first-order chi connectivity index (χ1) is 11.6. The molecule has 0 aliphatic heterocycles. The van der Waals surface area contributed by atoms with E-state index in [1.807, 2.05) is 42.5 Å². The third-order valence-corrected chi connectivity index (χ3v) is 4.63.